The molecule has 0 radical (unpaired) electrons. The topological polar surface area (TPSA) is 52.6 Å². The van der Waals surface area contributed by atoms with E-state index in [1.807, 2.05) is 6.07 Å². The third kappa shape index (κ3) is 8.70. The van der Waals surface area contributed by atoms with E-state index in [4.69, 9.17) is 9.47 Å². The maximum atomic E-state index is 11.2. The molecule has 1 aromatic carbocycles. The molecule has 0 heterocycles. The van der Waals surface area contributed by atoms with E-state index >= 15 is 0 Å². The zero-order valence-corrected chi connectivity index (χ0v) is 15.2. The molecule has 0 amide bonds. The Morgan fingerprint density at radius 1 is 0.792 bits per heavy atom. The summed E-state index contributed by atoms with van der Waals surface area (Å²) in [7, 11) is 0. The van der Waals surface area contributed by atoms with E-state index in [1.54, 1.807) is 12.1 Å². The van der Waals surface area contributed by atoms with Crippen LogP contribution < -0.4 is 9.47 Å². The monoisotopic (exact) mass is 334 g/mol. The number of hydrogen-bond donors (Lipinski definition) is 0. The van der Waals surface area contributed by atoms with E-state index in [9.17, 15) is 9.59 Å². The van der Waals surface area contributed by atoms with Crippen molar-refractivity contribution >= 4 is 11.9 Å². The second-order valence-corrected chi connectivity index (χ2v) is 6.19. The van der Waals surface area contributed by atoms with E-state index in [-0.39, 0.29) is 5.75 Å². The molecule has 0 unspecified atom stereocenters. The first-order chi connectivity index (χ1) is 11.5. The summed E-state index contributed by atoms with van der Waals surface area (Å²) in [6.07, 6.45) is 11.1. The molecule has 0 bridgehead atoms. The molecule has 0 saturated heterocycles. The molecule has 0 N–H and O–H groups in total. The molecule has 0 fully saturated rings. The van der Waals surface area contributed by atoms with Crippen molar-refractivity contribution in [1.82, 2.24) is 0 Å². The first-order valence-corrected chi connectivity index (χ1v) is 9.02. The molecule has 0 saturated carbocycles. The minimum Gasteiger partial charge on any atom is -0.423 e. The van der Waals surface area contributed by atoms with Crippen LogP contribution in [0.5, 0.6) is 11.5 Å². The molecule has 1 aromatic rings. The summed E-state index contributed by atoms with van der Waals surface area (Å²) >= 11 is 0. The average molecular weight is 334 g/mol. The Kier molecular flexibility index (Phi) is 9.81. The van der Waals surface area contributed by atoms with Crippen molar-refractivity contribution in [2.24, 2.45) is 0 Å². The predicted octanol–water partition coefficient (Wildman–Crippen LogP) is 5.22. The van der Waals surface area contributed by atoms with Crippen LogP contribution in [-0.4, -0.2) is 11.9 Å². The average Bonchev–Trinajstić information content (AvgIpc) is 2.51. The molecule has 0 aliphatic carbocycles. The zero-order valence-electron chi connectivity index (χ0n) is 15.2. The van der Waals surface area contributed by atoms with Gasteiger partial charge in [0.15, 0.2) is 11.5 Å². The fourth-order valence-electron chi connectivity index (χ4n) is 2.64. The van der Waals surface area contributed by atoms with Crippen LogP contribution in [0.2, 0.25) is 0 Å². The van der Waals surface area contributed by atoms with Crippen LogP contribution in [0.1, 0.15) is 77.7 Å². The lowest BCUT2D eigenvalue weighted by Gasteiger charge is -2.10. The number of carbonyl (C=O) groups is 2. The Hall–Kier alpha value is -1.84. The van der Waals surface area contributed by atoms with Gasteiger partial charge in [0.05, 0.1) is 0 Å². The Morgan fingerprint density at radius 2 is 1.33 bits per heavy atom. The van der Waals surface area contributed by atoms with Gasteiger partial charge in [-0.05, 0) is 30.5 Å². The van der Waals surface area contributed by atoms with Crippen LogP contribution in [0.25, 0.3) is 0 Å². The number of aryl methyl sites for hydroxylation is 1. The highest BCUT2D eigenvalue weighted by molar-refractivity contribution is 5.73. The molecule has 0 aliphatic rings. The van der Waals surface area contributed by atoms with Crippen molar-refractivity contribution in [1.29, 1.82) is 0 Å². The summed E-state index contributed by atoms with van der Waals surface area (Å²) in [4.78, 5) is 22.3. The normalized spacial score (nSPS) is 10.5. The van der Waals surface area contributed by atoms with Crippen LogP contribution in [0.15, 0.2) is 18.2 Å². The van der Waals surface area contributed by atoms with Gasteiger partial charge in [-0.25, -0.2) is 0 Å². The number of carbonyl (C=O) groups excluding carboxylic acids is 2. The van der Waals surface area contributed by atoms with Gasteiger partial charge in [0.1, 0.15) is 0 Å². The van der Waals surface area contributed by atoms with Crippen molar-refractivity contribution < 1.29 is 19.1 Å². The number of benzene rings is 1. The van der Waals surface area contributed by atoms with Gasteiger partial charge in [-0.3, -0.25) is 9.59 Å². The molecule has 0 spiro atoms. The van der Waals surface area contributed by atoms with Crippen LogP contribution in [0.3, 0.4) is 0 Å². The highest BCUT2D eigenvalue weighted by Crippen LogP contribution is 2.29. The molecule has 134 valence electrons. The number of rotatable bonds is 11. The van der Waals surface area contributed by atoms with Gasteiger partial charge >= 0.3 is 11.9 Å². The highest BCUT2D eigenvalue weighted by atomic mass is 16.6. The summed E-state index contributed by atoms with van der Waals surface area (Å²) in [6, 6.07) is 5.41. The van der Waals surface area contributed by atoms with E-state index in [1.165, 1.54) is 58.8 Å². The van der Waals surface area contributed by atoms with Gasteiger partial charge in [-0.1, -0.05) is 57.9 Å². The smallest absolute Gasteiger partial charge is 0.308 e. The Morgan fingerprint density at radius 3 is 1.92 bits per heavy atom. The van der Waals surface area contributed by atoms with E-state index in [0.29, 0.717) is 5.75 Å². The SMILES string of the molecule is CCCCCCCCCCc1ccc(OC(C)=O)c(OC(C)=O)c1. The standard InChI is InChI=1S/C20H30O4/c1-4-5-6-7-8-9-10-11-12-18-13-14-19(23-16(2)21)20(15-18)24-17(3)22/h13-15H,4-12H2,1-3H3. The molecule has 0 atom stereocenters. The summed E-state index contributed by atoms with van der Waals surface area (Å²) in [5.41, 5.74) is 1.09. The van der Waals surface area contributed by atoms with Crippen molar-refractivity contribution in [2.45, 2.75) is 78.6 Å². The Labute approximate surface area is 145 Å². The Balaban J connectivity index is 2.44. The largest absolute Gasteiger partial charge is 0.423 e. The van der Waals surface area contributed by atoms with Crippen molar-refractivity contribution in [2.75, 3.05) is 0 Å². The van der Waals surface area contributed by atoms with Crippen LogP contribution >= 0.6 is 0 Å². The lowest BCUT2D eigenvalue weighted by Crippen LogP contribution is -2.07. The van der Waals surface area contributed by atoms with Gasteiger partial charge in [0, 0.05) is 13.8 Å². The first-order valence-electron chi connectivity index (χ1n) is 9.02. The number of hydrogen-bond acceptors (Lipinski definition) is 4. The second-order valence-electron chi connectivity index (χ2n) is 6.19. The number of ether oxygens (including phenoxy) is 2. The van der Waals surface area contributed by atoms with Crippen molar-refractivity contribution in [3.05, 3.63) is 23.8 Å². The molecular weight excluding hydrogens is 304 g/mol. The summed E-state index contributed by atoms with van der Waals surface area (Å²) in [6.45, 7) is 4.89. The van der Waals surface area contributed by atoms with Gasteiger partial charge in [-0.2, -0.15) is 0 Å². The third-order valence-corrected chi connectivity index (χ3v) is 3.83. The van der Waals surface area contributed by atoms with Crippen molar-refractivity contribution in [3.8, 4) is 11.5 Å². The maximum absolute atomic E-state index is 11.2. The predicted molar refractivity (Wildman–Crippen MR) is 95.4 cm³/mol. The molecule has 0 aromatic heterocycles. The minimum absolute atomic E-state index is 0.289. The fourth-order valence-corrected chi connectivity index (χ4v) is 2.64. The molecule has 0 aliphatic heterocycles. The lowest BCUT2D eigenvalue weighted by molar-refractivity contribution is -0.134. The van der Waals surface area contributed by atoms with Crippen LogP contribution in [0.4, 0.5) is 0 Å². The van der Waals surface area contributed by atoms with Gasteiger partial charge in [0.25, 0.3) is 0 Å². The lowest BCUT2D eigenvalue weighted by atomic mass is 10.0. The van der Waals surface area contributed by atoms with E-state index < -0.39 is 11.9 Å². The van der Waals surface area contributed by atoms with Crippen molar-refractivity contribution in [3.63, 3.8) is 0 Å². The van der Waals surface area contributed by atoms with Crippen LogP contribution in [0, 0.1) is 0 Å². The zero-order chi connectivity index (χ0) is 17.8. The minimum atomic E-state index is -0.431. The van der Waals surface area contributed by atoms with Gasteiger partial charge in [0.2, 0.25) is 0 Å². The molecular formula is C20H30O4. The highest BCUT2D eigenvalue weighted by Gasteiger charge is 2.11. The second kappa shape index (κ2) is 11.7. The number of unbranched alkanes of at least 4 members (excludes halogenated alkanes) is 7. The third-order valence-electron chi connectivity index (χ3n) is 3.83. The summed E-state index contributed by atoms with van der Waals surface area (Å²) < 4.78 is 10.2. The quantitative estimate of drug-likeness (QED) is 0.316. The summed E-state index contributed by atoms with van der Waals surface area (Å²) in [5.74, 6) is -0.251. The van der Waals surface area contributed by atoms with Gasteiger partial charge in [-0.15, -0.1) is 0 Å². The van der Waals surface area contributed by atoms with Gasteiger partial charge < -0.3 is 9.47 Å². The molecule has 1 rings (SSSR count). The molecule has 4 heteroatoms. The number of esters is 2. The summed E-state index contributed by atoms with van der Waals surface area (Å²) in [5, 5.41) is 0. The van der Waals surface area contributed by atoms with E-state index in [2.05, 4.69) is 6.92 Å². The van der Waals surface area contributed by atoms with Crippen LogP contribution in [-0.2, 0) is 16.0 Å². The maximum Gasteiger partial charge on any atom is 0.308 e. The molecule has 24 heavy (non-hydrogen) atoms. The first kappa shape index (κ1) is 20.2. The Bertz CT molecular complexity index is 522. The fraction of sp³-hybridized carbons (Fsp3) is 0.600. The molecule has 4 nitrogen and oxygen atoms in total. The van der Waals surface area contributed by atoms with E-state index in [0.717, 1.165) is 18.4 Å².